The number of hydrogen-bond acceptors (Lipinski definition) is 4. The molecule has 0 aromatic heterocycles. The molecule has 3 N–H and O–H groups in total. The molecule has 1 aromatic carbocycles. The predicted molar refractivity (Wildman–Crippen MR) is 88.2 cm³/mol. The zero-order chi connectivity index (χ0) is 17.4. The van der Waals surface area contributed by atoms with E-state index in [4.69, 9.17) is 5.73 Å². The molecule has 126 valence electrons. The van der Waals surface area contributed by atoms with Gasteiger partial charge < -0.3 is 10.6 Å². The van der Waals surface area contributed by atoms with Gasteiger partial charge in [-0.1, -0.05) is 32.0 Å². The third kappa shape index (κ3) is 4.89. The van der Waals surface area contributed by atoms with Crippen LogP contribution in [0.25, 0.3) is 0 Å². The highest BCUT2D eigenvalue weighted by molar-refractivity contribution is 6.00. The molecule has 1 atom stereocenters. The number of piperidine rings is 1. The topological polar surface area (TPSA) is 92.5 Å². The highest BCUT2D eigenvalue weighted by Gasteiger charge is 2.31. The van der Waals surface area contributed by atoms with Gasteiger partial charge in [-0.05, 0) is 30.0 Å². The number of nitrogens with one attached hydrogen (secondary N) is 1. The molecule has 23 heavy (non-hydrogen) atoms. The lowest BCUT2D eigenvalue weighted by Crippen LogP contribution is -2.51. The summed E-state index contributed by atoms with van der Waals surface area (Å²) in [7, 11) is 0. The quantitative estimate of drug-likeness (QED) is 0.631. The van der Waals surface area contributed by atoms with Crippen molar-refractivity contribution in [2.45, 2.75) is 52.7 Å². The lowest BCUT2D eigenvalue weighted by molar-refractivity contribution is -0.141. The van der Waals surface area contributed by atoms with Crippen LogP contribution in [0, 0.1) is 6.92 Å². The Kier molecular flexibility index (Phi) is 7.41. The van der Waals surface area contributed by atoms with E-state index in [2.05, 4.69) is 5.32 Å². The van der Waals surface area contributed by atoms with Crippen LogP contribution in [0.4, 0.5) is 0 Å². The fraction of sp³-hybridized carbons (Fsp3) is 0.471. The molecule has 1 aliphatic rings. The van der Waals surface area contributed by atoms with Crippen LogP contribution in [0.3, 0.4) is 0 Å². The molecule has 0 saturated carbocycles. The molecule has 1 heterocycles. The van der Waals surface area contributed by atoms with Crippen LogP contribution in [0.15, 0.2) is 18.2 Å². The van der Waals surface area contributed by atoms with E-state index in [1.807, 2.05) is 39.0 Å². The molecule has 6 nitrogen and oxygen atoms in total. The molecular formula is C17H25N3O3. The summed E-state index contributed by atoms with van der Waals surface area (Å²) in [5.74, 6) is -0.700. The fourth-order valence-electron chi connectivity index (χ4n) is 2.44. The molecular weight excluding hydrogens is 294 g/mol. The Morgan fingerprint density at radius 1 is 1.35 bits per heavy atom. The summed E-state index contributed by atoms with van der Waals surface area (Å²) in [5.41, 5.74) is 8.59. The lowest BCUT2D eigenvalue weighted by atomic mass is 10.0. The van der Waals surface area contributed by atoms with Gasteiger partial charge in [-0.15, -0.1) is 0 Å². The Hall–Kier alpha value is -2.21. The zero-order valence-electron chi connectivity index (χ0n) is 14.0. The van der Waals surface area contributed by atoms with Gasteiger partial charge in [0.1, 0.15) is 6.04 Å². The maximum absolute atomic E-state index is 11.9. The second-order valence-electron chi connectivity index (χ2n) is 5.21. The maximum atomic E-state index is 11.9. The summed E-state index contributed by atoms with van der Waals surface area (Å²) >= 11 is 0. The van der Waals surface area contributed by atoms with Gasteiger partial charge in [-0.2, -0.15) is 0 Å². The van der Waals surface area contributed by atoms with Crippen molar-refractivity contribution >= 4 is 18.2 Å². The van der Waals surface area contributed by atoms with E-state index in [1.165, 1.54) is 4.90 Å². The number of aryl methyl sites for hydroxylation is 1. The molecule has 1 unspecified atom stereocenters. The third-order valence-corrected chi connectivity index (χ3v) is 3.75. The number of nitrogens with zero attached hydrogens (tertiary/aromatic N) is 1. The van der Waals surface area contributed by atoms with Gasteiger partial charge >= 0.3 is 0 Å². The predicted octanol–water partition coefficient (Wildman–Crippen LogP) is 1.24. The molecule has 1 aromatic rings. The smallest absolute Gasteiger partial charge is 0.249 e. The van der Waals surface area contributed by atoms with Crippen molar-refractivity contribution < 1.29 is 14.4 Å². The molecule has 3 amide bonds. The van der Waals surface area contributed by atoms with Gasteiger partial charge in [0, 0.05) is 19.5 Å². The Morgan fingerprint density at radius 3 is 2.61 bits per heavy atom. The van der Waals surface area contributed by atoms with E-state index >= 15 is 0 Å². The lowest BCUT2D eigenvalue weighted by Gasteiger charge is -2.30. The van der Waals surface area contributed by atoms with E-state index in [-0.39, 0.29) is 12.3 Å². The highest BCUT2D eigenvalue weighted by atomic mass is 16.2. The second kappa shape index (κ2) is 9.05. The summed E-state index contributed by atoms with van der Waals surface area (Å²) in [6, 6.07) is 5.24. The molecule has 2 rings (SSSR count). The number of benzene rings is 1. The standard InChI is InChI=1S/C15H19N3O3.C2H6/c1-10-2-3-11(7-16)6-12(10)8-18(9-19)13-4-5-14(20)17-15(13)21;1-2/h2-3,6,9,13H,4-5,7-8,16H2,1H3,(H,17,20,21);1-2H3. The van der Waals surface area contributed by atoms with E-state index in [9.17, 15) is 14.4 Å². The second-order valence-corrected chi connectivity index (χ2v) is 5.21. The van der Waals surface area contributed by atoms with E-state index in [1.54, 1.807) is 0 Å². The van der Waals surface area contributed by atoms with Crippen molar-refractivity contribution in [3.63, 3.8) is 0 Å². The van der Waals surface area contributed by atoms with E-state index in [0.29, 0.717) is 25.9 Å². The summed E-state index contributed by atoms with van der Waals surface area (Å²) in [4.78, 5) is 35.8. The van der Waals surface area contributed by atoms with Crippen molar-refractivity contribution in [2.75, 3.05) is 0 Å². The Bertz CT molecular complexity index is 572. The minimum atomic E-state index is -0.596. The van der Waals surface area contributed by atoms with Crippen LogP contribution >= 0.6 is 0 Å². The largest absolute Gasteiger partial charge is 0.329 e. The molecule has 0 aliphatic carbocycles. The summed E-state index contributed by atoms with van der Waals surface area (Å²) in [6.07, 6.45) is 1.27. The minimum absolute atomic E-state index is 0.253. The number of rotatable bonds is 5. The normalized spacial score (nSPS) is 17.0. The average molecular weight is 319 g/mol. The summed E-state index contributed by atoms with van der Waals surface area (Å²) < 4.78 is 0. The van der Waals surface area contributed by atoms with Gasteiger partial charge in [-0.3, -0.25) is 19.7 Å². The van der Waals surface area contributed by atoms with Crippen molar-refractivity contribution in [1.82, 2.24) is 10.2 Å². The molecule has 0 spiro atoms. The fourth-order valence-corrected chi connectivity index (χ4v) is 2.44. The molecule has 1 fully saturated rings. The molecule has 1 saturated heterocycles. The average Bonchev–Trinajstić information content (AvgIpc) is 2.56. The van der Waals surface area contributed by atoms with Crippen LogP contribution < -0.4 is 11.1 Å². The van der Waals surface area contributed by atoms with Crippen molar-refractivity contribution in [3.8, 4) is 0 Å². The van der Waals surface area contributed by atoms with Gasteiger partial charge in [0.05, 0.1) is 0 Å². The molecule has 0 bridgehead atoms. The van der Waals surface area contributed by atoms with Crippen LogP contribution in [0.2, 0.25) is 0 Å². The number of carbonyl (C=O) groups excluding carboxylic acids is 3. The minimum Gasteiger partial charge on any atom is -0.329 e. The van der Waals surface area contributed by atoms with Gasteiger partial charge in [0.25, 0.3) is 0 Å². The number of carbonyl (C=O) groups is 3. The number of imide groups is 1. The summed E-state index contributed by atoms with van der Waals surface area (Å²) in [6.45, 7) is 6.70. The maximum Gasteiger partial charge on any atom is 0.249 e. The van der Waals surface area contributed by atoms with Gasteiger partial charge in [0.2, 0.25) is 18.2 Å². The Balaban J connectivity index is 0.00000127. The van der Waals surface area contributed by atoms with Crippen molar-refractivity contribution in [3.05, 3.63) is 34.9 Å². The van der Waals surface area contributed by atoms with Crippen LogP contribution in [0.1, 0.15) is 43.4 Å². The van der Waals surface area contributed by atoms with E-state index in [0.717, 1.165) is 16.7 Å². The molecule has 1 aliphatic heterocycles. The zero-order valence-corrected chi connectivity index (χ0v) is 14.0. The molecule has 0 radical (unpaired) electrons. The molecule has 6 heteroatoms. The Labute approximate surface area is 137 Å². The van der Waals surface area contributed by atoms with Crippen LogP contribution in [-0.4, -0.2) is 29.2 Å². The van der Waals surface area contributed by atoms with Gasteiger partial charge in [0.15, 0.2) is 0 Å². The monoisotopic (exact) mass is 319 g/mol. The van der Waals surface area contributed by atoms with Crippen molar-refractivity contribution in [2.24, 2.45) is 5.73 Å². The number of nitrogens with two attached hydrogens (primary N) is 1. The third-order valence-electron chi connectivity index (χ3n) is 3.75. The highest BCUT2D eigenvalue weighted by Crippen LogP contribution is 2.17. The van der Waals surface area contributed by atoms with Crippen molar-refractivity contribution in [1.29, 1.82) is 0 Å². The first-order chi connectivity index (χ1) is 11.0. The SMILES string of the molecule is CC.Cc1ccc(CN)cc1CN(C=O)C1CCC(=O)NC1=O. The first kappa shape index (κ1) is 18.8. The number of amides is 3. The van der Waals surface area contributed by atoms with Crippen LogP contribution in [-0.2, 0) is 27.5 Å². The summed E-state index contributed by atoms with van der Waals surface area (Å²) in [5, 5.41) is 2.27. The first-order valence-corrected chi connectivity index (χ1v) is 7.88. The number of hydrogen-bond donors (Lipinski definition) is 2. The van der Waals surface area contributed by atoms with Crippen LogP contribution in [0.5, 0.6) is 0 Å². The first-order valence-electron chi connectivity index (χ1n) is 7.88. The van der Waals surface area contributed by atoms with E-state index < -0.39 is 11.9 Å². The van der Waals surface area contributed by atoms with Gasteiger partial charge in [-0.25, -0.2) is 0 Å². The Morgan fingerprint density at radius 2 is 2.04 bits per heavy atom.